The van der Waals surface area contributed by atoms with E-state index in [-0.39, 0.29) is 24.8 Å². The van der Waals surface area contributed by atoms with Crippen LogP contribution in [0.4, 0.5) is 0 Å². The molecule has 0 aromatic carbocycles. The quantitative estimate of drug-likeness (QED) is 0.0685. The van der Waals surface area contributed by atoms with Crippen molar-refractivity contribution in [3.8, 4) is 0 Å². The maximum atomic E-state index is 2.55. The Balaban J connectivity index is 0. The zero-order chi connectivity index (χ0) is 29.0. The number of quaternary nitrogens is 2. The van der Waals surface area contributed by atoms with Gasteiger partial charge in [0.15, 0.2) is 0 Å². The first-order chi connectivity index (χ1) is 19.5. The predicted molar refractivity (Wildman–Crippen MR) is 182 cm³/mol. The van der Waals surface area contributed by atoms with Crippen LogP contribution in [0.3, 0.4) is 0 Å². The van der Waals surface area contributed by atoms with Crippen molar-refractivity contribution in [1.82, 2.24) is 0 Å². The Morgan fingerprint density at radius 1 is 0.286 bits per heavy atom. The summed E-state index contributed by atoms with van der Waals surface area (Å²) in [6.45, 7) is 13.1. The van der Waals surface area contributed by atoms with Gasteiger partial charge in [-0.2, -0.15) is 0 Å². The summed E-state index contributed by atoms with van der Waals surface area (Å²) in [6, 6.07) is 0. The van der Waals surface area contributed by atoms with E-state index in [0.717, 1.165) is 0 Å². The molecule has 0 amide bonds. The first kappa shape index (κ1) is 44.6. The SMILES string of the molecule is CCCCCCCCCCCCCCCC[N+]1(C)CC[N+](C)(CCCCCCCCCCCCCCCC)CC1.[Cl-].[Cl-]. The number of hydrogen-bond acceptors (Lipinski definition) is 0. The van der Waals surface area contributed by atoms with Crippen molar-refractivity contribution < 1.29 is 33.8 Å². The molecule has 256 valence electrons. The normalized spacial score (nSPS) is 20.3. The lowest BCUT2D eigenvalue weighted by Gasteiger charge is -2.46. The highest BCUT2D eigenvalue weighted by atomic mass is 35.5. The van der Waals surface area contributed by atoms with Crippen LogP contribution in [0.25, 0.3) is 0 Å². The Bertz CT molecular complexity index is 473. The largest absolute Gasteiger partial charge is 1.00 e. The van der Waals surface area contributed by atoms with Gasteiger partial charge in [-0.1, -0.05) is 168 Å². The molecule has 1 heterocycles. The van der Waals surface area contributed by atoms with Gasteiger partial charge in [0.2, 0.25) is 0 Å². The van der Waals surface area contributed by atoms with Crippen LogP contribution >= 0.6 is 0 Å². The molecule has 0 aromatic rings. The molecule has 0 aromatic heterocycles. The average Bonchev–Trinajstić information content (AvgIpc) is 2.95. The van der Waals surface area contributed by atoms with Crippen LogP contribution in [0.5, 0.6) is 0 Å². The number of likely N-dealkylation sites (N-methyl/N-ethyl adjacent to an activating group) is 2. The molecule has 2 nitrogen and oxygen atoms in total. The third kappa shape index (κ3) is 26.9. The van der Waals surface area contributed by atoms with Crippen LogP contribution in [-0.2, 0) is 0 Å². The van der Waals surface area contributed by atoms with Crippen LogP contribution in [0.1, 0.15) is 194 Å². The molecule has 0 aliphatic carbocycles. The van der Waals surface area contributed by atoms with Crippen molar-refractivity contribution in [2.24, 2.45) is 0 Å². The summed E-state index contributed by atoms with van der Waals surface area (Å²) in [4.78, 5) is 0. The Kier molecular flexibility index (Phi) is 33.4. The predicted octanol–water partition coefficient (Wildman–Crippen LogP) is 5.86. The van der Waals surface area contributed by atoms with Crippen LogP contribution in [0.15, 0.2) is 0 Å². The minimum Gasteiger partial charge on any atom is -1.00 e. The van der Waals surface area contributed by atoms with Crippen LogP contribution < -0.4 is 24.8 Å². The van der Waals surface area contributed by atoms with Crippen molar-refractivity contribution >= 4 is 0 Å². The topological polar surface area (TPSA) is 0 Å². The van der Waals surface area contributed by atoms with Crippen LogP contribution in [0.2, 0.25) is 0 Å². The lowest BCUT2D eigenvalue weighted by Crippen LogP contribution is -3.00. The number of piperazine rings is 1. The molecule has 0 spiro atoms. The van der Waals surface area contributed by atoms with Crippen molar-refractivity contribution in [2.45, 2.75) is 194 Å². The standard InChI is InChI=1S/C38H80N2.2ClH/c1-5-7-9-11-13-15-17-19-21-23-25-27-29-31-33-39(3)35-37-40(4,38-36-39)34-32-30-28-26-24-22-20-18-16-14-12-10-8-6-2;;/h5-38H2,1-4H3;2*1H/q+2;;/p-2. The summed E-state index contributed by atoms with van der Waals surface area (Å²) in [7, 11) is 5.11. The number of rotatable bonds is 30. The Hall–Kier alpha value is 0.500. The third-order valence-corrected chi connectivity index (χ3v) is 10.5. The highest BCUT2D eigenvalue weighted by Gasteiger charge is 2.36. The van der Waals surface area contributed by atoms with Gasteiger partial charge >= 0.3 is 0 Å². The van der Waals surface area contributed by atoms with Gasteiger partial charge in [0, 0.05) is 0 Å². The second-order valence-electron chi connectivity index (χ2n) is 14.8. The van der Waals surface area contributed by atoms with E-state index in [0.29, 0.717) is 0 Å². The van der Waals surface area contributed by atoms with E-state index in [2.05, 4.69) is 27.9 Å². The van der Waals surface area contributed by atoms with Gasteiger partial charge < -0.3 is 33.8 Å². The van der Waals surface area contributed by atoms with E-state index in [9.17, 15) is 0 Å². The first-order valence-electron chi connectivity index (χ1n) is 19.2. The number of hydrogen-bond donors (Lipinski definition) is 0. The molecule has 1 aliphatic rings. The average molecular weight is 636 g/mol. The summed E-state index contributed by atoms with van der Waals surface area (Å²) in [5.74, 6) is 0. The minimum absolute atomic E-state index is 0. The van der Waals surface area contributed by atoms with Crippen molar-refractivity contribution in [1.29, 1.82) is 0 Å². The molecule has 1 rings (SSSR count). The van der Waals surface area contributed by atoms with E-state index in [1.807, 2.05) is 0 Å². The second kappa shape index (κ2) is 31.5. The third-order valence-electron chi connectivity index (χ3n) is 10.5. The highest BCUT2D eigenvalue weighted by molar-refractivity contribution is 4.55. The van der Waals surface area contributed by atoms with Gasteiger partial charge in [0.1, 0.15) is 26.2 Å². The molecule has 1 aliphatic heterocycles. The molecule has 0 unspecified atom stereocenters. The summed E-state index contributed by atoms with van der Waals surface area (Å²) < 4.78 is 2.70. The van der Waals surface area contributed by atoms with E-state index in [1.54, 1.807) is 0 Å². The van der Waals surface area contributed by atoms with Crippen molar-refractivity contribution in [2.75, 3.05) is 53.4 Å². The molecule has 1 fully saturated rings. The lowest BCUT2D eigenvalue weighted by molar-refractivity contribution is -1.02. The lowest BCUT2D eigenvalue weighted by atomic mass is 10.0. The molecule has 0 bridgehead atoms. The van der Waals surface area contributed by atoms with Gasteiger partial charge in [-0.3, -0.25) is 0 Å². The Morgan fingerprint density at radius 3 is 0.643 bits per heavy atom. The molecular formula is C38H80Cl2N2. The van der Waals surface area contributed by atoms with E-state index in [1.165, 1.54) is 228 Å². The van der Waals surface area contributed by atoms with E-state index >= 15 is 0 Å². The smallest absolute Gasteiger partial charge is 0.128 e. The van der Waals surface area contributed by atoms with E-state index in [4.69, 9.17) is 0 Å². The Labute approximate surface area is 279 Å². The summed E-state index contributed by atoms with van der Waals surface area (Å²) in [5, 5.41) is 0. The van der Waals surface area contributed by atoms with Gasteiger partial charge in [-0.15, -0.1) is 0 Å². The van der Waals surface area contributed by atoms with Crippen LogP contribution in [0, 0.1) is 0 Å². The highest BCUT2D eigenvalue weighted by Crippen LogP contribution is 2.20. The fourth-order valence-electron chi connectivity index (χ4n) is 7.01. The number of halogens is 2. The monoisotopic (exact) mass is 635 g/mol. The molecule has 0 atom stereocenters. The van der Waals surface area contributed by atoms with Gasteiger partial charge in [-0.05, 0) is 25.7 Å². The Morgan fingerprint density at radius 2 is 0.452 bits per heavy atom. The minimum atomic E-state index is 0. The fraction of sp³-hybridized carbons (Fsp3) is 1.00. The molecule has 0 saturated carbocycles. The number of unbranched alkanes of at least 4 members (excludes halogenated alkanes) is 26. The van der Waals surface area contributed by atoms with Crippen LogP contribution in [-0.4, -0.2) is 62.3 Å². The molecule has 0 N–H and O–H groups in total. The second-order valence-corrected chi connectivity index (χ2v) is 14.8. The van der Waals surface area contributed by atoms with Crippen molar-refractivity contribution in [3.63, 3.8) is 0 Å². The van der Waals surface area contributed by atoms with E-state index < -0.39 is 0 Å². The number of nitrogens with zero attached hydrogens (tertiary/aromatic N) is 2. The molecule has 4 heteroatoms. The molecule has 0 radical (unpaired) electrons. The summed E-state index contributed by atoms with van der Waals surface area (Å²) in [6.07, 6.45) is 41.1. The van der Waals surface area contributed by atoms with Gasteiger partial charge in [0.05, 0.1) is 27.2 Å². The van der Waals surface area contributed by atoms with Crippen molar-refractivity contribution in [3.05, 3.63) is 0 Å². The summed E-state index contributed by atoms with van der Waals surface area (Å²) in [5.41, 5.74) is 0. The van der Waals surface area contributed by atoms with Gasteiger partial charge in [0.25, 0.3) is 0 Å². The van der Waals surface area contributed by atoms with Gasteiger partial charge in [-0.25, -0.2) is 0 Å². The molecular weight excluding hydrogens is 555 g/mol. The zero-order valence-electron chi connectivity index (χ0n) is 29.7. The summed E-state index contributed by atoms with van der Waals surface area (Å²) >= 11 is 0. The molecule has 42 heavy (non-hydrogen) atoms. The first-order valence-corrected chi connectivity index (χ1v) is 19.2. The maximum absolute atomic E-state index is 2.55. The maximum Gasteiger partial charge on any atom is 0.128 e. The fourth-order valence-corrected chi connectivity index (χ4v) is 7.01. The zero-order valence-corrected chi connectivity index (χ0v) is 31.2. The molecule has 1 saturated heterocycles.